The van der Waals surface area contributed by atoms with Gasteiger partial charge in [0.15, 0.2) is 0 Å². The zero-order valence-electron chi connectivity index (χ0n) is 10.2. The number of fused-ring (bicyclic) bond motifs is 1. The first kappa shape index (κ1) is 13.4. The van der Waals surface area contributed by atoms with E-state index in [1.165, 1.54) is 5.54 Å². The van der Waals surface area contributed by atoms with Crippen molar-refractivity contribution in [2.24, 2.45) is 5.73 Å². The minimum atomic E-state index is -0.768. The minimum absolute atomic E-state index is 0.231. The number of amides is 1. The molecule has 4 nitrogen and oxygen atoms in total. The van der Waals surface area contributed by atoms with Gasteiger partial charge in [0.25, 0.3) is 0 Å². The van der Waals surface area contributed by atoms with E-state index in [-0.39, 0.29) is 6.61 Å². The lowest BCUT2D eigenvalue weighted by atomic mass is 10.1. The van der Waals surface area contributed by atoms with Crippen molar-refractivity contribution in [2.45, 2.75) is 6.42 Å². The zero-order chi connectivity index (χ0) is 13.7. The monoisotopic (exact) mass is 276 g/mol. The fraction of sp³-hybridized carbons (Fsp3) is 0.143. The van der Waals surface area contributed by atoms with Crippen LogP contribution in [0.1, 0.15) is 11.3 Å². The maximum absolute atomic E-state index is 10.5. The van der Waals surface area contributed by atoms with Gasteiger partial charge in [-0.25, -0.2) is 4.79 Å². The molecule has 2 rings (SSSR count). The van der Waals surface area contributed by atoms with E-state index in [1.54, 1.807) is 6.20 Å². The quantitative estimate of drug-likeness (QED) is 0.933. The lowest BCUT2D eigenvalue weighted by Gasteiger charge is -2.05. The van der Waals surface area contributed by atoms with E-state index in [4.69, 9.17) is 22.1 Å². The molecule has 0 bridgehead atoms. The molecular weight excluding hydrogens is 264 g/mol. The highest BCUT2D eigenvalue weighted by atomic mass is 35.5. The molecule has 1 amide bonds. The maximum Gasteiger partial charge on any atom is 0.404 e. The van der Waals surface area contributed by atoms with Crippen molar-refractivity contribution in [3.8, 4) is 0 Å². The van der Waals surface area contributed by atoms with Crippen LogP contribution in [0, 0.1) is 0 Å². The molecule has 0 atom stereocenters. The Labute approximate surface area is 115 Å². The van der Waals surface area contributed by atoms with E-state index in [9.17, 15) is 4.79 Å². The highest BCUT2D eigenvalue weighted by Gasteiger charge is 2.02. The number of nitrogens with zero attached hydrogens (tertiary/aromatic N) is 1. The van der Waals surface area contributed by atoms with Gasteiger partial charge in [0.1, 0.15) is 0 Å². The highest BCUT2D eigenvalue weighted by Crippen LogP contribution is 2.20. The Morgan fingerprint density at radius 1 is 1.47 bits per heavy atom. The smallest absolute Gasteiger partial charge is 0.404 e. The van der Waals surface area contributed by atoms with Gasteiger partial charge in [0, 0.05) is 29.2 Å². The SMILES string of the molecule is NC(=O)OCCc1cc2cccc(C=CCl)c2cn1. The number of carbonyl (C=O) groups is 1. The first-order chi connectivity index (χ1) is 9.20. The van der Waals surface area contributed by atoms with Crippen LogP contribution in [-0.4, -0.2) is 17.7 Å². The predicted molar refractivity (Wildman–Crippen MR) is 75.9 cm³/mol. The molecule has 1 aromatic carbocycles. The number of primary amides is 1. The van der Waals surface area contributed by atoms with E-state index >= 15 is 0 Å². The number of carbonyl (C=O) groups excluding carboxylic acids is 1. The summed E-state index contributed by atoms with van der Waals surface area (Å²) in [6.45, 7) is 0.231. The average Bonchev–Trinajstić information content (AvgIpc) is 2.39. The molecule has 0 aliphatic rings. The first-order valence-corrected chi connectivity index (χ1v) is 6.21. The average molecular weight is 277 g/mol. The van der Waals surface area contributed by atoms with Crippen LogP contribution in [0.4, 0.5) is 4.79 Å². The van der Waals surface area contributed by atoms with Gasteiger partial charge in [-0.2, -0.15) is 0 Å². The summed E-state index contributed by atoms with van der Waals surface area (Å²) in [5.74, 6) is 0. The Bertz CT molecular complexity index is 626. The van der Waals surface area contributed by atoms with Crippen molar-refractivity contribution < 1.29 is 9.53 Å². The Morgan fingerprint density at radius 3 is 3.05 bits per heavy atom. The molecule has 1 heterocycles. The molecule has 2 aromatic rings. The fourth-order valence-corrected chi connectivity index (χ4v) is 1.98. The van der Waals surface area contributed by atoms with Crippen LogP contribution in [0.25, 0.3) is 16.8 Å². The van der Waals surface area contributed by atoms with Gasteiger partial charge >= 0.3 is 6.09 Å². The molecule has 19 heavy (non-hydrogen) atoms. The summed E-state index contributed by atoms with van der Waals surface area (Å²) in [6, 6.07) is 7.89. The molecule has 2 N–H and O–H groups in total. The van der Waals surface area contributed by atoms with Crippen LogP contribution in [-0.2, 0) is 11.2 Å². The summed E-state index contributed by atoms with van der Waals surface area (Å²) >= 11 is 5.60. The third-order valence-corrected chi connectivity index (χ3v) is 2.83. The highest BCUT2D eigenvalue weighted by molar-refractivity contribution is 6.27. The van der Waals surface area contributed by atoms with Crippen LogP contribution >= 0.6 is 11.6 Å². The van der Waals surface area contributed by atoms with Crippen molar-refractivity contribution in [2.75, 3.05) is 6.61 Å². The van der Waals surface area contributed by atoms with Crippen molar-refractivity contribution in [3.63, 3.8) is 0 Å². The lowest BCUT2D eigenvalue weighted by Crippen LogP contribution is -2.15. The summed E-state index contributed by atoms with van der Waals surface area (Å²) in [6.07, 6.45) is 3.38. The van der Waals surface area contributed by atoms with Crippen LogP contribution in [0.3, 0.4) is 0 Å². The molecule has 0 unspecified atom stereocenters. The summed E-state index contributed by atoms with van der Waals surface area (Å²) in [5, 5.41) is 2.09. The Morgan fingerprint density at radius 2 is 2.32 bits per heavy atom. The Kier molecular flexibility index (Phi) is 4.36. The Hall–Kier alpha value is -2.07. The van der Waals surface area contributed by atoms with Crippen LogP contribution in [0.5, 0.6) is 0 Å². The van der Waals surface area contributed by atoms with E-state index in [2.05, 4.69) is 4.98 Å². The lowest BCUT2D eigenvalue weighted by molar-refractivity contribution is 0.158. The van der Waals surface area contributed by atoms with E-state index in [0.29, 0.717) is 6.42 Å². The minimum Gasteiger partial charge on any atom is -0.449 e. The second-order valence-electron chi connectivity index (χ2n) is 3.95. The number of pyridine rings is 1. The number of rotatable bonds is 4. The van der Waals surface area contributed by atoms with Gasteiger partial charge in [-0.05, 0) is 23.1 Å². The van der Waals surface area contributed by atoms with Gasteiger partial charge in [-0.3, -0.25) is 4.98 Å². The number of hydrogen-bond donors (Lipinski definition) is 1. The van der Waals surface area contributed by atoms with Gasteiger partial charge in [-0.1, -0.05) is 29.8 Å². The molecule has 5 heteroatoms. The summed E-state index contributed by atoms with van der Waals surface area (Å²) in [4.78, 5) is 14.8. The van der Waals surface area contributed by atoms with Gasteiger partial charge in [0.2, 0.25) is 0 Å². The molecule has 98 valence electrons. The third kappa shape index (κ3) is 3.45. The van der Waals surface area contributed by atoms with E-state index in [0.717, 1.165) is 22.0 Å². The standard InChI is InChI=1S/C14H13ClN2O2/c15-6-4-10-2-1-3-11-8-12(17-9-13(10)11)5-7-19-14(16)18/h1-4,6,8-9H,5,7H2,(H2,16,18). The molecule has 0 aliphatic carbocycles. The van der Waals surface area contributed by atoms with Crippen molar-refractivity contribution in [1.29, 1.82) is 0 Å². The van der Waals surface area contributed by atoms with E-state index < -0.39 is 6.09 Å². The summed E-state index contributed by atoms with van der Waals surface area (Å²) < 4.78 is 4.69. The van der Waals surface area contributed by atoms with Gasteiger partial charge in [0.05, 0.1) is 6.61 Å². The number of nitrogens with two attached hydrogens (primary N) is 1. The Balaban J connectivity index is 2.24. The van der Waals surface area contributed by atoms with Gasteiger partial charge < -0.3 is 10.5 Å². The van der Waals surface area contributed by atoms with Crippen LogP contribution in [0.15, 0.2) is 36.0 Å². The second-order valence-corrected chi connectivity index (χ2v) is 4.21. The van der Waals surface area contributed by atoms with Crippen LogP contribution < -0.4 is 5.73 Å². The number of halogens is 1. The molecule has 0 fully saturated rings. The molecule has 0 saturated heterocycles. The molecule has 0 spiro atoms. The summed E-state index contributed by atoms with van der Waals surface area (Å²) in [5.41, 5.74) is 8.24. The molecule has 1 aromatic heterocycles. The first-order valence-electron chi connectivity index (χ1n) is 5.77. The normalized spacial score (nSPS) is 11.0. The van der Waals surface area contributed by atoms with Crippen LogP contribution in [0.2, 0.25) is 0 Å². The molecule has 0 radical (unpaired) electrons. The largest absolute Gasteiger partial charge is 0.449 e. The predicted octanol–water partition coefficient (Wildman–Crippen LogP) is 3.08. The number of benzene rings is 1. The topological polar surface area (TPSA) is 65.2 Å². The van der Waals surface area contributed by atoms with Crippen molar-refractivity contribution in [1.82, 2.24) is 4.98 Å². The molecule has 0 aliphatic heterocycles. The van der Waals surface area contributed by atoms with E-state index in [1.807, 2.05) is 30.3 Å². The van der Waals surface area contributed by atoms with Gasteiger partial charge in [-0.15, -0.1) is 0 Å². The second kappa shape index (κ2) is 6.20. The van der Waals surface area contributed by atoms with Crippen molar-refractivity contribution in [3.05, 3.63) is 47.3 Å². The zero-order valence-corrected chi connectivity index (χ0v) is 10.9. The number of ether oxygens (including phenoxy) is 1. The number of aromatic nitrogens is 1. The number of hydrogen-bond acceptors (Lipinski definition) is 3. The fourth-order valence-electron chi connectivity index (χ4n) is 1.85. The van der Waals surface area contributed by atoms with Crippen molar-refractivity contribution >= 4 is 34.5 Å². The summed E-state index contributed by atoms with van der Waals surface area (Å²) in [7, 11) is 0. The molecule has 0 saturated carbocycles. The maximum atomic E-state index is 10.5. The third-order valence-electron chi connectivity index (χ3n) is 2.70. The molecular formula is C14H13ClN2O2.